The molecular weight excluding hydrogens is 259 g/mol. The average Bonchev–Trinajstić information content (AvgIpc) is 2.71. The van der Waals surface area contributed by atoms with Crippen molar-refractivity contribution in [1.29, 1.82) is 0 Å². The first-order valence-corrected chi connectivity index (χ1v) is 6.76. The standard InChI is InChI=1S/C15H21FN2O2/c1-15(2)5-4-9(8-15)18-13-6-10(14(19)20-3)12(17)7-11(13)16/h6-7,9,18H,4-5,8,17H2,1-3H3. The summed E-state index contributed by atoms with van der Waals surface area (Å²) in [5.41, 5.74) is 6.51. The number of ether oxygens (including phenoxy) is 1. The largest absolute Gasteiger partial charge is 0.465 e. The third kappa shape index (κ3) is 3.03. The van der Waals surface area contributed by atoms with Gasteiger partial charge in [0.15, 0.2) is 0 Å². The lowest BCUT2D eigenvalue weighted by Crippen LogP contribution is -2.19. The van der Waals surface area contributed by atoms with E-state index in [2.05, 4.69) is 23.9 Å². The molecule has 0 bridgehead atoms. The smallest absolute Gasteiger partial charge is 0.340 e. The molecule has 1 fully saturated rings. The first-order valence-electron chi connectivity index (χ1n) is 6.76. The number of nitrogen functional groups attached to an aromatic ring is 1. The van der Waals surface area contributed by atoms with Crippen molar-refractivity contribution in [3.63, 3.8) is 0 Å². The predicted molar refractivity (Wildman–Crippen MR) is 77.2 cm³/mol. The van der Waals surface area contributed by atoms with E-state index in [1.54, 1.807) is 0 Å². The zero-order chi connectivity index (χ0) is 14.9. The second-order valence-electron chi connectivity index (χ2n) is 6.16. The van der Waals surface area contributed by atoms with Gasteiger partial charge in [0.05, 0.1) is 18.4 Å². The predicted octanol–water partition coefficient (Wildman–Crippen LogP) is 3.19. The molecule has 4 nitrogen and oxygen atoms in total. The number of carbonyl (C=O) groups excluding carboxylic acids is 1. The van der Waals surface area contributed by atoms with Gasteiger partial charge >= 0.3 is 5.97 Å². The fourth-order valence-electron chi connectivity index (χ4n) is 2.77. The van der Waals surface area contributed by atoms with Crippen molar-refractivity contribution in [2.24, 2.45) is 5.41 Å². The fourth-order valence-corrected chi connectivity index (χ4v) is 2.77. The molecule has 1 aliphatic rings. The Balaban J connectivity index is 2.22. The van der Waals surface area contributed by atoms with E-state index in [0.29, 0.717) is 5.69 Å². The third-order valence-corrected chi connectivity index (χ3v) is 3.87. The van der Waals surface area contributed by atoms with E-state index in [9.17, 15) is 9.18 Å². The number of nitrogens with two attached hydrogens (primary N) is 1. The van der Waals surface area contributed by atoms with E-state index < -0.39 is 11.8 Å². The van der Waals surface area contributed by atoms with Crippen molar-refractivity contribution in [3.8, 4) is 0 Å². The topological polar surface area (TPSA) is 64.3 Å². The van der Waals surface area contributed by atoms with Gasteiger partial charge in [-0.1, -0.05) is 13.8 Å². The molecule has 1 aromatic carbocycles. The third-order valence-electron chi connectivity index (χ3n) is 3.87. The van der Waals surface area contributed by atoms with Crippen LogP contribution in [0.3, 0.4) is 0 Å². The van der Waals surface area contributed by atoms with Crippen LogP contribution in [0.1, 0.15) is 43.5 Å². The summed E-state index contributed by atoms with van der Waals surface area (Å²) in [5.74, 6) is -1.00. The van der Waals surface area contributed by atoms with Crippen LogP contribution in [0.2, 0.25) is 0 Å². The molecule has 0 saturated heterocycles. The van der Waals surface area contributed by atoms with E-state index in [-0.39, 0.29) is 22.7 Å². The van der Waals surface area contributed by atoms with Gasteiger partial charge in [-0.05, 0) is 36.8 Å². The summed E-state index contributed by atoms with van der Waals surface area (Å²) >= 11 is 0. The van der Waals surface area contributed by atoms with Gasteiger partial charge in [-0.25, -0.2) is 9.18 Å². The monoisotopic (exact) mass is 280 g/mol. The molecule has 20 heavy (non-hydrogen) atoms. The number of methoxy groups -OCH3 is 1. The molecule has 0 amide bonds. The summed E-state index contributed by atoms with van der Waals surface area (Å²) in [7, 11) is 1.28. The Morgan fingerprint density at radius 2 is 2.20 bits per heavy atom. The zero-order valence-electron chi connectivity index (χ0n) is 12.1. The quantitative estimate of drug-likeness (QED) is 0.659. The lowest BCUT2D eigenvalue weighted by molar-refractivity contribution is 0.0602. The van der Waals surface area contributed by atoms with Gasteiger partial charge in [0.1, 0.15) is 5.82 Å². The van der Waals surface area contributed by atoms with Crippen LogP contribution in [-0.4, -0.2) is 19.1 Å². The number of halogens is 1. The molecule has 2 rings (SSSR count). The molecule has 110 valence electrons. The summed E-state index contributed by atoms with van der Waals surface area (Å²) in [6.45, 7) is 4.40. The molecule has 0 radical (unpaired) electrons. The highest BCUT2D eigenvalue weighted by Gasteiger charge is 2.31. The molecule has 1 saturated carbocycles. The molecular formula is C15H21FN2O2. The van der Waals surface area contributed by atoms with Crippen LogP contribution in [0, 0.1) is 11.2 Å². The fraction of sp³-hybridized carbons (Fsp3) is 0.533. The number of nitrogens with one attached hydrogen (secondary N) is 1. The lowest BCUT2D eigenvalue weighted by Gasteiger charge is -2.19. The van der Waals surface area contributed by atoms with Crippen LogP contribution in [0.4, 0.5) is 15.8 Å². The number of hydrogen-bond acceptors (Lipinski definition) is 4. The maximum atomic E-state index is 13.9. The van der Waals surface area contributed by atoms with Crippen LogP contribution in [0.15, 0.2) is 12.1 Å². The first-order chi connectivity index (χ1) is 9.32. The first kappa shape index (κ1) is 14.6. The number of esters is 1. The number of rotatable bonds is 3. The van der Waals surface area contributed by atoms with Crippen LogP contribution in [0.25, 0.3) is 0 Å². The lowest BCUT2D eigenvalue weighted by atomic mass is 9.92. The van der Waals surface area contributed by atoms with Gasteiger partial charge in [-0.3, -0.25) is 0 Å². The SMILES string of the molecule is COC(=O)c1cc(NC2CCC(C)(C)C2)c(F)cc1N. The summed E-state index contributed by atoms with van der Waals surface area (Å²) in [6, 6.07) is 2.81. The van der Waals surface area contributed by atoms with Crippen molar-refractivity contribution >= 4 is 17.3 Å². The number of hydrogen-bond donors (Lipinski definition) is 2. The Hall–Kier alpha value is -1.78. The second-order valence-corrected chi connectivity index (χ2v) is 6.16. The molecule has 1 aliphatic carbocycles. The van der Waals surface area contributed by atoms with Gasteiger partial charge in [0.2, 0.25) is 0 Å². The number of anilines is 2. The van der Waals surface area contributed by atoms with Crippen molar-refractivity contribution < 1.29 is 13.9 Å². The van der Waals surface area contributed by atoms with E-state index >= 15 is 0 Å². The minimum Gasteiger partial charge on any atom is -0.465 e. The van der Waals surface area contributed by atoms with Crippen molar-refractivity contribution in [3.05, 3.63) is 23.5 Å². The molecule has 0 spiro atoms. The highest BCUT2D eigenvalue weighted by Crippen LogP contribution is 2.38. The number of benzene rings is 1. The highest BCUT2D eigenvalue weighted by atomic mass is 19.1. The van der Waals surface area contributed by atoms with Crippen molar-refractivity contribution in [2.45, 2.75) is 39.2 Å². The molecule has 5 heteroatoms. The maximum absolute atomic E-state index is 13.9. The second kappa shape index (κ2) is 5.31. The summed E-state index contributed by atoms with van der Waals surface area (Å²) in [5, 5.41) is 3.17. The van der Waals surface area contributed by atoms with Crippen LogP contribution >= 0.6 is 0 Å². The van der Waals surface area contributed by atoms with Gasteiger partial charge < -0.3 is 15.8 Å². The van der Waals surface area contributed by atoms with Crippen LogP contribution in [0.5, 0.6) is 0 Å². The van der Waals surface area contributed by atoms with Gasteiger partial charge in [0.25, 0.3) is 0 Å². The minimum absolute atomic E-state index is 0.0895. The van der Waals surface area contributed by atoms with Crippen molar-refractivity contribution in [2.75, 3.05) is 18.2 Å². The number of carbonyl (C=O) groups is 1. The van der Waals surface area contributed by atoms with E-state index in [1.165, 1.54) is 13.2 Å². The van der Waals surface area contributed by atoms with E-state index in [1.807, 2.05) is 0 Å². The Labute approximate surface area is 118 Å². The van der Waals surface area contributed by atoms with Gasteiger partial charge in [-0.15, -0.1) is 0 Å². The molecule has 1 atom stereocenters. The van der Waals surface area contributed by atoms with Crippen molar-refractivity contribution in [1.82, 2.24) is 0 Å². The molecule has 0 aliphatic heterocycles. The van der Waals surface area contributed by atoms with E-state index in [0.717, 1.165) is 25.3 Å². The Morgan fingerprint density at radius 3 is 2.75 bits per heavy atom. The summed E-state index contributed by atoms with van der Waals surface area (Å²) in [6.07, 6.45) is 3.07. The molecule has 3 N–H and O–H groups in total. The average molecular weight is 280 g/mol. The molecule has 1 unspecified atom stereocenters. The highest BCUT2D eigenvalue weighted by molar-refractivity contribution is 5.96. The van der Waals surface area contributed by atoms with Crippen LogP contribution < -0.4 is 11.1 Å². The Kier molecular flexibility index (Phi) is 3.88. The van der Waals surface area contributed by atoms with Crippen LogP contribution in [-0.2, 0) is 4.74 Å². The van der Waals surface area contributed by atoms with Gasteiger partial charge in [-0.2, -0.15) is 0 Å². The normalized spacial score (nSPS) is 20.7. The zero-order valence-corrected chi connectivity index (χ0v) is 12.1. The molecule has 0 aromatic heterocycles. The van der Waals surface area contributed by atoms with Gasteiger partial charge in [0, 0.05) is 11.7 Å². The van der Waals surface area contributed by atoms with E-state index in [4.69, 9.17) is 5.73 Å². The Morgan fingerprint density at radius 1 is 1.50 bits per heavy atom. The molecule has 0 heterocycles. The minimum atomic E-state index is -0.558. The molecule has 1 aromatic rings. The summed E-state index contributed by atoms with van der Waals surface area (Å²) in [4.78, 5) is 11.6. The summed E-state index contributed by atoms with van der Waals surface area (Å²) < 4.78 is 18.6. The Bertz CT molecular complexity index is 529. The maximum Gasteiger partial charge on any atom is 0.340 e.